The first-order valence-corrected chi connectivity index (χ1v) is 8.30. The number of hydrogen-bond acceptors (Lipinski definition) is 3. The number of rotatable bonds is 4. The summed E-state index contributed by atoms with van der Waals surface area (Å²) >= 11 is 3.58. The highest BCUT2D eigenvalue weighted by Gasteiger charge is 2.36. The summed E-state index contributed by atoms with van der Waals surface area (Å²) in [5.41, 5.74) is 0.236. The van der Waals surface area contributed by atoms with Crippen LogP contribution in [0.4, 0.5) is 0 Å². The molecule has 1 aromatic heterocycles. The second-order valence-corrected chi connectivity index (χ2v) is 7.29. The van der Waals surface area contributed by atoms with Crippen molar-refractivity contribution in [1.82, 2.24) is 14.7 Å². The average Bonchev–Trinajstić information content (AvgIpc) is 2.67. The molecule has 0 radical (unpaired) electrons. The first kappa shape index (κ1) is 16.0. The molecule has 1 saturated carbocycles. The van der Waals surface area contributed by atoms with Gasteiger partial charge in [0.15, 0.2) is 0 Å². The van der Waals surface area contributed by atoms with E-state index in [9.17, 15) is 5.11 Å². The summed E-state index contributed by atoms with van der Waals surface area (Å²) < 4.78 is 2.91. The van der Waals surface area contributed by atoms with Gasteiger partial charge in [0.25, 0.3) is 0 Å². The zero-order valence-corrected chi connectivity index (χ0v) is 14.4. The minimum Gasteiger partial charge on any atom is -0.384 e. The summed E-state index contributed by atoms with van der Waals surface area (Å²) in [4.78, 5) is 2.14. The lowest BCUT2D eigenvalue weighted by molar-refractivity contribution is 0.00996. The molecule has 1 heterocycles. The number of aliphatic hydroxyl groups is 1. The van der Waals surface area contributed by atoms with Crippen molar-refractivity contribution in [3.63, 3.8) is 0 Å². The molecular formula is C15H26BrN3O. The minimum absolute atomic E-state index is 0.709. The third-order valence-electron chi connectivity index (χ3n) is 4.33. The van der Waals surface area contributed by atoms with Crippen LogP contribution in [0.15, 0.2) is 10.7 Å². The van der Waals surface area contributed by atoms with Crippen molar-refractivity contribution >= 4 is 15.9 Å². The Morgan fingerprint density at radius 1 is 1.45 bits per heavy atom. The van der Waals surface area contributed by atoms with E-state index in [2.05, 4.69) is 46.9 Å². The first-order valence-electron chi connectivity index (χ1n) is 7.51. The molecule has 0 saturated heterocycles. The molecule has 0 aromatic carbocycles. The molecule has 1 aromatic rings. The van der Waals surface area contributed by atoms with Crippen LogP contribution in [0.25, 0.3) is 0 Å². The van der Waals surface area contributed by atoms with Crippen LogP contribution in [0.5, 0.6) is 0 Å². The summed E-state index contributed by atoms with van der Waals surface area (Å²) in [6, 6.07) is 0. The molecule has 5 heteroatoms. The summed E-state index contributed by atoms with van der Waals surface area (Å²) in [6.07, 6.45) is 6.87. The van der Waals surface area contributed by atoms with Gasteiger partial charge in [-0.05, 0) is 61.6 Å². The van der Waals surface area contributed by atoms with E-state index in [4.69, 9.17) is 0 Å². The fraction of sp³-hybridized carbons (Fsp3) is 0.800. The number of nitrogens with zero attached hydrogens (tertiary/aromatic N) is 3. The maximum absolute atomic E-state index is 11.2. The monoisotopic (exact) mass is 343 g/mol. The first-order chi connectivity index (χ1) is 9.42. The number of likely N-dealkylation sites (N-methyl/N-ethyl adjacent to an activating group) is 1. The standard InChI is InChI=1S/C15H26BrN3O/c1-12-5-4-7-15(20,8-6-12)14-13(16)11-17-19(14)10-9-18(2)3/h11-12,20H,4-10H2,1-3H3. The van der Waals surface area contributed by atoms with Crippen molar-refractivity contribution in [3.8, 4) is 0 Å². The van der Waals surface area contributed by atoms with Gasteiger partial charge in [-0.1, -0.05) is 13.3 Å². The van der Waals surface area contributed by atoms with Gasteiger partial charge in [0.2, 0.25) is 0 Å². The van der Waals surface area contributed by atoms with Crippen LogP contribution in [0.1, 0.15) is 44.7 Å². The molecule has 1 aliphatic rings. The lowest BCUT2D eigenvalue weighted by atomic mass is 9.90. The molecule has 1 N–H and O–H groups in total. The molecule has 0 spiro atoms. The SMILES string of the molecule is CC1CCCC(O)(c2c(Br)cnn2CCN(C)C)CC1. The Morgan fingerprint density at radius 3 is 2.90 bits per heavy atom. The zero-order chi connectivity index (χ0) is 14.8. The predicted octanol–water partition coefficient (Wildman–Crippen LogP) is 3.00. The third-order valence-corrected chi connectivity index (χ3v) is 4.91. The maximum atomic E-state index is 11.2. The second kappa shape index (κ2) is 6.58. The Kier molecular flexibility index (Phi) is 5.26. The zero-order valence-electron chi connectivity index (χ0n) is 12.8. The van der Waals surface area contributed by atoms with E-state index in [1.165, 1.54) is 6.42 Å². The fourth-order valence-corrected chi connectivity index (χ4v) is 3.69. The van der Waals surface area contributed by atoms with Crippen molar-refractivity contribution in [2.24, 2.45) is 5.92 Å². The van der Waals surface area contributed by atoms with Gasteiger partial charge in [0.05, 0.1) is 22.9 Å². The lowest BCUT2D eigenvalue weighted by Gasteiger charge is -2.28. The average molecular weight is 344 g/mol. The van der Waals surface area contributed by atoms with Crippen LogP contribution in [0.2, 0.25) is 0 Å². The van der Waals surface area contributed by atoms with Gasteiger partial charge in [0.1, 0.15) is 5.60 Å². The third kappa shape index (κ3) is 3.62. The van der Waals surface area contributed by atoms with Crippen molar-refractivity contribution in [2.75, 3.05) is 20.6 Å². The topological polar surface area (TPSA) is 41.3 Å². The van der Waals surface area contributed by atoms with E-state index in [1.54, 1.807) is 0 Å². The molecule has 2 atom stereocenters. The van der Waals surface area contributed by atoms with Crippen LogP contribution in [0, 0.1) is 5.92 Å². The highest BCUT2D eigenvalue weighted by atomic mass is 79.9. The summed E-state index contributed by atoms with van der Waals surface area (Å²) in [5, 5.41) is 15.6. The van der Waals surface area contributed by atoms with Crippen LogP contribution in [0.3, 0.4) is 0 Å². The van der Waals surface area contributed by atoms with Crippen molar-refractivity contribution in [1.29, 1.82) is 0 Å². The Morgan fingerprint density at radius 2 is 2.20 bits per heavy atom. The molecule has 1 aliphatic carbocycles. The van der Waals surface area contributed by atoms with Crippen LogP contribution >= 0.6 is 15.9 Å². The Bertz CT molecular complexity index is 446. The van der Waals surface area contributed by atoms with Gasteiger partial charge in [-0.15, -0.1) is 0 Å². The smallest absolute Gasteiger partial charge is 0.107 e. The largest absolute Gasteiger partial charge is 0.384 e. The molecule has 0 amide bonds. The normalized spacial score (nSPS) is 27.8. The van der Waals surface area contributed by atoms with Crippen LogP contribution in [-0.4, -0.2) is 40.4 Å². The Hall–Kier alpha value is -0.390. The molecule has 0 bridgehead atoms. The molecular weight excluding hydrogens is 318 g/mol. The van der Waals surface area contributed by atoms with E-state index >= 15 is 0 Å². The van der Waals surface area contributed by atoms with E-state index in [-0.39, 0.29) is 0 Å². The summed E-state index contributed by atoms with van der Waals surface area (Å²) in [7, 11) is 4.11. The van der Waals surface area contributed by atoms with E-state index in [0.717, 1.165) is 48.9 Å². The maximum Gasteiger partial charge on any atom is 0.107 e. The van der Waals surface area contributed by atoms with E-state index in [0.29, 0.717) is 5.92 Å². The number of hydrogen-bond donors (Lipinski definition) is 1. The fourth-order valence-electron chi connectivity index (χ4n) is 3.02. The van der Waals surface area contributed by atoms with Gasteiger partial charge >= 0.3 is 0 Å². The second-order valence-electron chi connectivity index (χ2n) is 6.44. The molecule has 2 rings (SSSR count). The molecule has 114 valence electrons. The van der Waals surface area contributed by atoms with Gasteiger partial charge < -0.3 is 10.0 Å². The molecule has 4 nitrogen and oxygen atoms in total. The number of aromatic nitrogens is 2. The van der Waals surface area contributed by atoms with Crippen LogP contribution in [-0.2, 0) is 12.1 Å². The highest BCUT2D eigenvalue weighted by molar-refractivity contribution is 9.10. The van der Waals surface area contributed by atoms with Crippen molar-refractivity contribution in [3.05, 3.63) is 16.4 Å². The molecule has 1 fully saturated rings. The van der Waals surface area contributed by atoms with E-state index < -0.39 is 5.60 Å². The van der Waals surface area contributed by atoms with Gasteiger partial charge in [0, 0.05) is 6.54 Å². The molecule has 20 heavy (non-hydrogen) atoms. The van der Waals surface area contributed by atoms with E-state index in [1.807, 2.05) is 10.9 Å². The summed E-state index contributed by atoms with van der Waals surface area (Å²) in [6.45, 7) is 4.02. The van der Waals surface area contributed by atoms with Crippen molar-refractivity contribution < 1.29 is 5.11 Å². The Balaban J connectivity index is 2.23. The Labute approximate surface area is 130 Å². The van der Waals surface area contributed by atoms with Gasteiger partial charge in [-0.2, -0.15) is 5.10 Å². The predicted molar refractivity (Wildman–Crippen MR) is 84.6 cm³/mol. The van der Waals surface area contributed by atoms with Gasteiger partial charge in [-0.25, -0.2) is 0 Å². The summed E-state index contributed by atoms with van der Waals surface area (Å²) in [5.74, 6) is 0.709. The molecule has 2 unspecified atom stereocenters. The number of halogens is 1. The van der Waals surface area contributed by atoms with Gasteiger partial charge in [-0.3, -0.25) is 4.68 Å². The quantitative estimate of drug-likeness (QED) is 0.854. The highest BCUT2D eigenvalue weighted by Crippen LogP contribution is 2.40. The minimum atomic E-state index is -0.730. The molecule has 0 aliphatic heterocycles. The van der Waals surface area contributed by atoms with Crippen molar-refractivity contribution in [2.45, 2.75) is 51.2 Å². The lowest BCUT2D eigenvalue weighted by Crippen LogP contribution is -2.31. The van der Waals surface area contributed by atoms with Crippen LogP contribution < -0.4 is 0 Å².